The largest absolute Gasteiger partial charge is 0.508 e. The number of rotatable bonds is 3. The van der Waals surface area contributed by atoms with Crippen LogP contribution in [0.25, 0.3) is 0 Å². The molecule has 0 fully saturated rings. The fourth-order valence-electron chi connectivity index (χ4n) is 2.25. The van der Waals surface area contributed by atoms with E-state index in [0.717, 1.165) is 5.69 Å². The Labute approximate surface area is 127 Å². The van der Waals surface area contributed by atoms with Gasteiger partial charge in [-0.15, -0.1) is 0 Å². The maximum Gasteiger partial charge on any atom is 0.295 e. The summed E-state index contributed by atoms with van der Waals surface area (Å²) in [6.45, 7) is 1.76. The molecule has 2 aromatic carbocycles. The summed E-state index contributed by atoms with van der Waals surface area (Å²) in [7, 11) is 0. The number of nitrogens with zero attached hydrogens (tertiary/aromatic N) is 4. The van der Waals surface area contributed by atoms with Gasteiger partial charge in [0.2, 0.25) is 6.17 Å². The molecule has 22 heavy (non-hydrogen) atoms. The zero-order chi connectivity index (χ0) is 15.5. The first-order chi connectivity index (χ1) is 10.6. The van der Waals surface area contributed by atoms with Crippen molar-refractivity contribution in [1.29, 1.82) is 0 Å². The molecule has 1 aliphatic heterocycles. The van der Waals surface area contributed by atoms with Crippen LogP contribution in [0.15, 0.2) is 69.8 Å². The Kier molecular flexibility index (Phi) is 3.65. The van der Waals surface area contributed by atoms with Gasteiger partial charge in [0.15, 0.2) is 0 Å². The molecular weight excluding hydrogens is 280 g/mol. The summed E-state index contributed by atoms with van der Waals surface area (Å²) in [6, 6.07) is 15.8. The van der Waals surface area contributed by atoms with Gasteiger partial charge in [-0.2, -0.15) is 15.2 Å². The highest BCUT2D eigenvalue weighted by molar-refractivity contribution is 6.13. The predicted molar refractivity (Wildman–Crippen MR) is 83.4 cm³/mol. The van der Waals surface area contributed by atoms with Crippen molar-refractivity contribution in [1.82, 2.24) is 0 Å². The van der Waals surface area contributed by atoms with Crippen molar-refractivity contribution in [3.8, 4) is 5.75 Å². The number of carbonyl (C=O) groups is 1. The normalized spacial score (nSPS) is 18.0. The molecule has 0 saturated carbocycles. The summed E-state index contributed by atoms with van der Waals surface area (Å²) in [6.07, 6.45) is -0.815. The van der Waals surface area contributed by atoms with E-state index in [4.69, 9.17) is 0 Å². The van der Waals surface area contributed by atoms with E-state index in [2.05, 4.69) is 15.2 Å². The van der Waals surface area contributed by atoms with Crippen LogP contribution < -0.4 is 4.90 Å². The van der Waals surface area contributed by atoms with Crippen LogP contribution in [-0.4, -0.2) is 23.0 Å². The molecule has 1 amide bonds. The van der Waals surface area contributed by atoms with Crippen LogP contribution in [0, 0.1) is 0 Å². The molecule has 6 nitrogen and oxygen atoms in total. The minimum atomic E-state index is -0.815. The van der Waals surface area contributed by atoms with E-state index in [1.165, 1.54) is 6.07 Å². The maximum atomic E-state index is 12.0. The van der Waals surface area contributed by atoms with Gasteiger partial charge in [-0.05, 0) is 31.2 Å². The van der Waals surface area contributed by atoms with Gasteiger partial charge in [-0.25, -0.2) is 0 Å². The zero-order valence-corrected chi connectivity index (χ0v) is 11.9. The molecule has 0 saturated heterocycles. The molecule has 1 aliphatic rings. The van der Waals surface area contributed by atoms with Crippen molar-refractivity contribution >= 4 is 23.1 Å². The fraction of sp³-hybridized carbons (Fsp3) is 0.125. The molecular formula is C16H14N4O2. The Hall–Kier alpha value is -3.02. The number of hydrogen-bond donors (Lipinski definition) is 1. The zero-order valence-electron chi connectivity index (χ0n) is 11.9. The number of aromatic hydroxyl groups is 1. The number of amidine groups is 1. The van der Waals surface area contributed by atoms with Crippen LogP contribution in [0.5, 0.6) is 5.75 Å². The van der Waals surface area contributed by atoms with Crippen LogP contribution in [0.3, 0.4) is 0 Å². The molecule has 0 aromatic heterocycles. The SMILES string of the molecule is CC1=NC(=O)C(N=Nc2cccc(O)c2)N1c1ccccc1. The van der Waals surface area contributed by atoms with Crippen molar-refractivity contribution in [2.24, 2.45) is 15.2 Å². The van der Waals surface area contributed by atoms with Crippen LogP contribution in [0.4, 0.5) is 11.4 Å². The molecule has 1 N–H and O–H groups in total. The summed E-state index contributed by atoms with van der Waals surface area (Å²) in [4.78, 5) is 17.7. The number of para-hydroxylation sites is 1. The summed E-state index contributed by atoms with van der Waals surface area (Å²) >= 11 is 0. The van der Waals surface area contributed by atoms with Crippen LogP contribution >= 0.6 is 0 Å². The molecule has 1 heterocycles. The highest BCUT2D eigenvalue weighted by atomic mass is 16.3. The summed E-state index contributed by atoms with van der Waals surface area (Å²) in [5, 5.41) is 17.6. The minimum absolute atomic E-state index is 0.0987. The quantitative estimate of drug-likeness (QED) is 0.882. The van der Waals surface area contributed by atoms with Crippen molar-refractivity contribution in [3.63, 3.8) is 0 Å². The average molecular weight is 294 g/mol. The standard InChI is InChI=1S/C16H14N4O2/c1-11-17-16(22)15(20(11)13-7-3-2-4-8-13)19-18-12-6-5-9-14(21)10-12/h2-10,15,21H,1H3. The van der Waals surface area contributed by atoms with Crippen molar-refractivity contribution in [3.05, 3.63) is 54.6 Å². The molecule has 1 unspecified atom stereocenters. The van der Waals surface area contributed by atoms with Crippen molar-refractivity contribution in [2.75, 3.05) is 4.90 Å². The number of phenolic OH excluding ortho intramolecular Hbond substituents is 1. The summed E-state index contributed by atoms with van der Waals surface area (Å²) < 4.78 is 0. The Morgan fingerprint density at radius 3 is 2.64 bits per heavy atom. The van der Waals surface area contributed by atoms with Crippen LogP contribution in [0.1, 0.15) is 6.92 Å². The molecule has 0 bridgehead atoms. The third kappa shape index (κ3) is 2.71. The Morgan fingerprint density at radius 2 is 1.91 bits per heavy atom. The fourth-order valence-corrected chi connectivity index (χ4v) is 2.25. The monoisotopic (exact) mass is 294 g/mol. The summed E-state index contributed by atoms with van der Waals surface area (Å²) in [5.41, 5.74) is 1.31. The lowest BCUT2D eigenvalue weighted by Gasteiger charge is -2.21. The number of amides is 1. The van der Waals surface area contributed by atoms with Gasteiger partial charge in [0.1, 0.15) is 11.6 Å². The Bertz CT molecular complexity index is 756. The Morgan fingerprint density at radius 1 is 1.14 bits per heavy atom. The van der Waals surface area contributed by atoms with Gasteiger partial charge in [-0.1, -0.05) is 24.3 Å². The number of carbonyl (C=O) groups excluding carboxylic acids is 1. The number of hydrogen-bond acceptors (Lipinski definition) is 5. The van der Waals surface area contributed by atoms with E-state index >= 15 is 0 Å². The second-order valence-electron chi connectivity index (χ2n) is 4.81. The highest BCUT2D eigenvalue weighted by Gasteiger charge is 2.34. The van der Waals surface area contributed by atoms with E-state index < -0.39 is 6.17 Å². The first kappa shape index (κ1) is 13.9. The molecule has 0 radical (unpaired) electrons. The average Bonchev–Trinajstić information content (AvgIpc) is 2.80. The summed E-state index contributed by atoms with van der Waals surface area (Å²) in [5.74, 6) is 0.322. The van der Waals surface area contributed by atoms with Gasteiger partial charge in [0.05, 0.1) is 5.69 Å². The number of benzene rings is 2. The third-order valence-electron chi connectivity index (χ3n) is 3.23. The second-order valence-corrected chi connectivity index (χ2v) is 4.81. The van der Waals surface area contributed by atoms with E-state index in [1.54, 1.807) is 30.0 Å². The Balaban J connectivity index is 1.90. The number of aliphatic imine (C=N–C) groups is 1. The number of phenols is 1. The van der Waals surface area contributed by atoms with Gasteiger partial charge >= 0.3 is 0 Å². The maximum absolute atomic E-state index is 12.0. The first-order valence-electron chi connectivity index (χ1n) is 6.78. The van der Waals surface area contributed by atoms with Crippen LogP contribution in [0.2, 0.25) is 0 Å². The highest BCUT2D eigenvalue weighted by Crippen LogP contribution is 2.25. The molecule has 1 atom stereocenters. The topological polar surface area (TPSA) is 77.6 Å². The van der Waals surface area contributed by atoms with Gasteiger partial charge in [0.25, 0.3) is 5.91 Å². The third-order valence-corrected chi connectivity index (χ3v) is 3.23. The first-order valence-corrected chi connectivity index (χ1v) is 6.78. The predicted octanol–water partition coefficient (Wildman–Crippen LogP) is 3.27. The molecule has 6 heteroatoms. The lowest BCUT2D eigenvalue weighted by molar-refractivity contribution is -0.118. The minimum Gasteiger partial charge on any atom is -0.508 e. The number of azo groups is 1. The van der Waals surface area contributed by atoms with Gasteiger partial charge in [-0.3, -0.25) is 9.69 Å². The van der Waals surface area contributed by atoms with Crippen molar-refractivity contribution < 1.29 is 9.90 Å². The number of anilines is 1. The molecule has 0 aliphatic carbocycles. The molecule has 110 valence electrons. The van der Waals surface area contributed by atoms with Gasteiger partial charge < -0.3 is 5.11 Å². The van der Waals surface area contributed by atoms with E-state index in [1.807, 2.05) is 30.3 Å². The lowest BCUT2D eigenvalue weighted by atomic mass is 10.2. The van der Waals surface area contributed by atoms with Crippen molar-refractivity contribution in [2.45, 2.75) is 13.1 Å². The van der Waals surface area contributed by atoms with E-state index in [9.17, 15) is 9.90 Å². The van der Waals surface area contributed by atoms with E-state index in [0.29, 0.717) is 11.5 Å². The molecule has 3 rings (SSSR count). The molecule has 0 spiro atoms. The molecule has 2 aromatic rings. The lowest BCUT2D eigenvalue weighted by Crippen LogP contribution is -2.35. The smallest absolute Gasteiger partial charge is 0.295 e. The second kappa shape index (κ2) is 5.77. The van der Waals surface area contributed by atoms with Crippen LogP contribution in [-0.2, 0) is 4.79 Å². The van der Waals surface area contributed by atoms with E-state index in [-0.39, 0.29) is 11.7 Å². The van der Waals surface area contributed by atoms with Gasteiger partial charge in [0, 0.05) is 11.8 Å².